The molecular weight excluding hydrogens is 454 g/mol. The SMILES string of the molecule is FC(F)(F)c1csc(Nc2cccnc2Oc2ccccc2I)n1. The number of ether oxygens (including phenoxy) is 1. The molecule has 0 saturated heterocycles. The van der Waals surface area contributed by atoms with Gasteiger partial charge in [-0.1, -0.05) is 12.1 Å². The first-order valence-electron chi connectivity index (χ1n) is 6.60. The third-order valence-corrected chi connectivity index (χ3v) is 4.50. The molecule has 0 aliphatic carbocycles. The zero-order valence-corrected chi connectivity index (χ0v) is 14.8. The molecule has 1 aromatic carbocycles. The van der Waals surface area contributed by atoms with Crippen molar-refractivity contribution in [1.82, 2.24) is 9.97 Å². The van der Waals surface area contributed by atoms with Gasteiger partial charge in [0.15, 0.2) is 10.8 Å². The van der Waals surface area contributed by atoms with Crippen molar-refractivity contribution in [1.29, 1.82) is 0 Å². The highest BCUT2D eigenvalue weighted by molar-refractivity contribution is 14.1. The van der Waals surface area contributed by atoms with Gasteiger partial charge in [-0.05, 0) is 46.9 Å². The van der Waals surface area contributed by atoms with E-state index in [4.69, 9.17) is 4.74 Å². The minimum Gasteiger partial charge on any atom is -0.436 e. The molecule has 0 saturated carbocycles. The van der Waals surface area contributed by atoms with Gasteiger partial charge in [0.05, 0.1) is 3.57 Å². The number of nitrogens with one attached hydrogen (secondary N) is 1. The van der Waals surface area contributed by atoms with Gasteiger partial charge >= 0.3 is 6.18 Å². The van der Waals surface area contributed by atoms with Crippen LogP contribution in [0.25, 0.3) is 0 Å². The number of rotatable bonds is 4. The van der Waals surface area contributed by atoms with Crippen molar-refractivity contribution in [2.24, 2.45) is 0 Å². The molecule has 24 heavy (non-hydrogen) atoms. The maximum Gasteiger partial charge on any atom is 0.434 e. The Hall–Kier alpha value is -1.88. The number of hydrogen-bond donors (Lipinski definition) is 1. The van der Waals surface area contributed by atoms with E-state index in [9.17, 15) is 13.2 Å². The fourth-order valence-corrected chi connectivity index (χ4v) is 3.00. The van der Waals surface area contributed by atoms with E-state index in [2.05, 4.69) is 37.9 Å². The summed E-state index contributed by atoms with van der Waals surface area (Å²) in [6.45, 7) is 0. The molecule has 0 aliphatic heterocycles. The lowest BCUT2D eigenvalue weighted by Crippen LogP contribution is -2.05. The fourth-order valence-electron chi connectivity index (χ4n) is 1.78. The molecule has 1 N–H and O–H groups in total. The van der Waals surface area contributed by atoms with Crippen molar-refractivity contribution in [3.63, 3.8) is 0 Å². The molecule has 3 aromatic rings. The van der Waals surface area contributed by atoms with E-state index >= 15 is 0 Å². The van der Waals surface area contributed by atoms with Gasteiger partial charge in [0.2, 0.25) is 5.88 Å². The lowest BCUT2D eigenvalue weighted by Gasteiger charge is -2.11. The Morgan fingerprint density at radius 1 is 1.12 bits per heavy atom. The number of thiazole rings is 1. The van der Waals surface area contributed by atoms with Crippen LogP contribution in [0.5, 0.6) is 11.6 Å². The highest BCUT2D eigenvalue weighted by Crippen LogP contribution is 2.35. The molecule has 2 aromatic heterocycles. The van der Waals surface area contributed by atoms with Crippen LogP contribution >= 0.6 is 33.9 Å². The third kappa shape index (κ3) is 3.96. The van der Waals surface area contributed by atoms with Gasteiger partial charge in [-0.15, -0.1) is 11.3 Å². The number of halogens is 4. The van der Waals surface area contributed by atoms with Crippen molar-refractivity contribution < 1.29 is 17.9 Å². The second-order valence-corrected chi connectivity index (χ2v) is 6.57. The molecule has 0 amide bonds. The van der Waals surface area contributed by atoms with Crippen molar-refractivity contribution >= 4 is 44.7 Å². The van der Waals surface area contributed by atoms with E-state index in [0.29, 0.717) is 11.4 Å². The monoisotopic (exact) mass is 463 g/mol. The maximum absolute atomic E-state index is 12.6. The van der Waals surface area contributed by atoms with E-state index in [0.717, 1.165) is 20.3 Å². The standard InChI is InChI=1S/C15H9F3IN3OS/c16-15(17,18)12-8-24-14(22-12)21-10-5-3-7-20-13(10)23-11-6-2-1-4-9(11)19/h1-8H,(H,21,22). The summed E-state index contributed by atoms with van der Waals surface area (Å²) in [5.74, 6) is 0.861. The second kappa shape index (κ2) is 6.93. The average Bonchev–Trinajstić information content (AvgIpc) is 3.00. The van der Waals surface area contributed by atoms with Gasteiger partial charge in [0.25, 0.3) is 0 Å². The Labute approximate surface area is 152 Å². The van der Waals surface area contributed by atoms with Gasteiger partial charge in [0, 0.05) is 11.6 Å². The summed E-state index contributed by atoms with van der Waals surface area (Å²) in [4.78, 5) is 7.67. The summed E-state index contributed by atoms with van der Waals surface area (Å²) in [7, 11) is 0. The highest BCUT2D eigenvalue weighted by Gasteiger charge is 2.33. The smallest absolute Gasteiger partial charge is 0.434 e. The van der Waals surface area contributed by atoms with E-state index < -0.39 is 11.9 Å². The molecule has 2 heterocycles. The normalized spacial score (nSPS) is 11.3. The molecule has 0 atom stereocenters. The summed E-state index contributed by atoms with van der Waals surface area (Å²) < 4.78 is 44.5. The molecule has 4 nitrogen and oxygen atoms in total. The summed E-state index contributed by atoms with van der Waals surface area (Å²) in [5, 5.41) is 3.89. The number of benzene rings is 1. The first-order valence-corrected chi connectivity index (χ1v) is 8.56. The minimum absolute atomic E-state index is 0.114. The molecule has 0 radical (unpaired) electrons. The van der Waals surface area contributed by atoms with Crippen LogP contribution in [0.1, 0.15) is 5.69 Å². The third-order valence-electron chi connectivity index (χ3n) is 2.85. The number of para-hydroxylation sites is 1. The van der Waals surface area contributed by atoms with Gasteiger partial charge in [-0.25, -0.2) is 9.97 Å². The van der Waals surface area contributed by atoms with Crippen LogP contribution in [-0.2, 0) is 6.18 Å². The van der Waals surface area contributed by atoms with Gasteiger partial charge in [-0.3, -0.25) is 0 Å². The zero-order valence-electron chi connectivity index (χ0n) is 11.8. The summed E-state index contributed by atoms with van der Waals surface area (Å²) in [6, 6.07) is 10.7. The Kier molecular flexibility index (Phi) is 4.90. The number of anilines is 2. The number of alkyl halides is 3. The fraction of sp³-hybridized carbons (Fsp3) is 0.0667. The quantitative estimate of drug-likeness (QED) is 0.505. The molecular formula is C15H9F3IN3OS. The lowest BCUT2D eigenvalue weighted by atomic mass is 10.3. The van der Waals surface area contributed by atoms with Crippen LogP contribution in [0.4, 0.5) is 24.0 Å². The van der Waals surface area contributed by atoms with Crippen molar-refractivity contribution in [2.75, 3.05) is 5.32 Å². The van der Waals surface area contributed by atoms with Gasteiger partial charge in [-0.2, -0.15) is 13.2 Å². The molecule has 0 fully saturated rings. The van der Waals surface area contributed by atoms with Crippen LogP contribution in [0.15, 0.2) is 48.0 Å². The van der Waals surface area contributed by atoms with E-state index in [1.807, 2.05) is 18.2 Å². The van der Waals surface area contributed by atoms with Crippen LogP contribution < -0.4 is 10.1 Å². The van der Waals surface area contributed by atoms with Crippen LogP contribution in [0.2, 0.25) is 0 Å². The average molecular weight is 463 g/mol. The topological polar surface area (TPSA) is 47.0 Å². The molecule has 0 aliphatic rings. The van der Waals surface area contributed by atoms with E-state index in [-0.39, 0.29) is 11.0 Å². The Morgan fingerprint density at radius 2 is 1.92 bits per heavy atom. The van der Waals surface area contributed by atoms with E-state index in [1.54, 1.807) is 24.4 Å². The Balaban J connectivity index is 1.85. The zero-order chi connectivity index (χ0) is 17.2. The molecule has 124 valence electrons. The second-order valence-electron chi connectivity index (χ2n) is 4.55. The summed E-state index contributed by atoms with van der Waals surface area (Å²) >= 11 is 2.99. The predicted molar refractivity (Wildman–Crippen MR) is 93.9 cm³/mol. The highest BCUT2D eigenvalue weighted by atomic mass is 127. The number of aromatic nitrogens is 2. The Bertz CT molecular complexity index is 854. The van der Waals surface area contributed by atoms with Gasteiger partial charge < -0.3 is 10.1 Å². The van der Waals surface area contributed by atoms with Crippen LogP contribution in [0, 0.1) is 3.57 Å². The predicted octanol–water partition coefficient (Wildman–Crippen LogP) is 5.70. The first kappa shape index (κ1) is 17.0. The molecule has 0 spiro atoms. The van der Waals surface area contributed by atoms with E-state index in [1.165, 1.54) is 0 Å². The molecule has 0 unspecified atom stereocenters. The van der Waals surface area contributed by atoms with Crippen LogP contribution in [-0.4, -0.2) is 9.97 Å². The van der Waals surface area contributed by atoms with Crippen molar-refractivity contribution in [2.45, 2.75) is 6.18 Å². The minimum atomic E-state index is -4.47. The number of nitrogens with zero attached hydrogens (tertiary/aromatic N) is 2. The van der Waals surface area contributed by atoms with Crippen LogP contribution in [0.3, 0.4) is 0 Å². The molecule has 9 heteroatoms. The lowest BCUT2D eigenvalue weighted by molar-refractivity contribution is -0.140. The largest absolute Gasteiger partial charge is 0.436 e. The molecule has 0 bridgehead atoms. The first-order chi connectivity index (χ1) is 11.4. The summed E-state index contributed by atoms with van der Waals surface area (Å²) in [5.41, 5.74) is -0.501. The van der Waals surface area contributed by atoms with Crippen molar-refractivity contribution in [3.05, 3.63) is 57.2 Å². The van der Waals surface area contributed by atoms with Crippen molar-refractivity contribution in [3.8, 4) is 11.6 Å². The number of pyridine rings is 1. The number of hydrogen-bond acceptors (Lipinski definition) is 5. The Morgan fingerprint density at radius 3 is 2.62 bits per heavy atom. The summed E-state index contributed by atoms with van der Waals surface area (Å²) in [6.07, 6.45) is -2.93. The maximum atomic E-state index is 12.6. The van der Waals surface area contributed by atoms with Gasteiger partial charge in [0.1, 0.15) is 11.4 Å². The molecule has 3 rings (SSSR count).